The monoisotopic (exact) mass is 663 g/mol. The molecular formula is C38H34ClN3O4S. The Bertz CT molecular complexity index is 2130. The average molecular weight is 664 g/mol. The number of aryl methyl sites for hydroxylation is 1. The fourth-order valence-electron chi connectivity index (χ4n) is 5.71. The Hall–Kier alpha value is -4.92. The molecule has 9 heteroatoms. The highest BCUT2D eigenvalue weighted by atomic mass is 35.5. The lowest BCUT2D eigenvalue weighted by atomic mass is 9.99. The van der Waals surface area contributed by atoms with Gasteiger partial charge >= 0.3 is 5.97 Å². The summed E-state index contributed by atoms with van der Waals surface area (Å²) in [7, 11) is -3.95. The molecule has 6 aromatic rings. The Morgan fingerprint density at radius 2 is 1.55 bits per heavy atom. The van der Waals surface area contributed by atoms with Crippen LogP contribution in [-0.2, 0) is 29.5 Å². The molecule has 0 aliphatic heterocycles. The minimum absolute atomic E-state index is 0.146. The van der Waals surface area contributed by atoms with Gasteiger partial charge in [0, 0.05) is 18.0 Å². The molecule has 7 nitrogen and oxygen atoms in total. The molecule has 1 N–H and O–H groups in total. The maximum atomic E-state index is 14.1. The summed E-state index contributed by atoms with van der Waals surface area (Å²) in [6.45, 7) is 2.80. The summed E-state index contributed by atoms with van der Waals surface area (Å²) in [5.74, 6) is -0.0419. The number of hydrogen-bond donors (Lipinski definition) is 1. The van der Waals surface area contributed by atoms with E-state index in [1.54, 1.807) is 24.3 Å². The summed E-state index contributed by atoms with van der Waals surface area (Å²) in [5, 5.41) is 10.1. The summed E-state index contributed by atoms with van der Waals surface area (Å²) in [5.41, 5.74) is 5.75. The number of aromatic carboxylic acids is 1. The zero-order valence-corrected chi connectivity index (χ0v) is 27.5. The smallest absolute Gasteiger partial charge is 0.336 e. The van der Waals surface area contributed by atoms with Crippen molar-refractivity contribution < 1.29 is 18.3 Å². The molecule has 0 saturated carbocycles. The van der Waals surface area contributed by atoms with Crippen molar-refractivity contribution >= 4 is 44.3 Å². The van der Waals surface area contributed by atoms with Gasteiger partial charge in [0.2, 0.25) is 0 Å². The van der Waals surface area contributed by atoms with E-state index in [0.29, 0.717) is 22.8 Å². The standard InChI is InChI=1S/C38H34ClN3O4S/c1-2-3-13-37-40-35-23-20-31(42(26-27-9-5-4-6-10-27)47(45,46)32-21-18-30(39)19-22-32)24-36(35)41(37)25-28-14-16-29(17-15-28)33-11-7-8-12-34(33)38(43)44/h4-12,14-24H,2-3,13,25-26H2,1H3,(H,43,44). The van der Waals surface area contributed by atoms with Crippen molar-refractivity contribution in [1.82, 2.24) is 9.55 Å². The number of aromatic nitrogens is 2. The van der Waals surface area contributed by atoms with Crippen molar-refractivity contribution in [1.29, 1.82) is 0 Å². The normalized spacial score (nSPS) is 11.5. The molecule has 0 radical (unpaired) electrons. The van der Waals surface area contributed by atoms with E-state index in [9.17, 15) is 18.3 Å². The van der Waals surface area contributed by atoms with E-state index in [-0.39, 0.29) is 17.0 Å². The Labute approximate surface area is 279 Å². The first-order chi connectivity index (χ1) is 22.7. The van der Waals surface area contributed by atoms with Crippen LogP contribution in [0, 0.1) is 0 Å². The second-order valence-corrected chi connectivity index (χ2v) is 13.7. The quantitative estimate of drug-likeness (QED) is 0.141. The maximum Gasteiger partial charge on any atom is 0.336 e. The molecule has 1 heterocycles. The van der Waals surface area contributed by atoms with Crippen LogP contribution in [-0.4, -0.2) is 29.0 Å². The van der Waals surface area contributed by atoms with E-state index in [1.165, 1.54) is 16.4 Å². The summed E-state index contributed by atoms with van der Waals surface area (Å²) >= 11 is 6.09. The number of sulfonamides is 1. The molecule has 0 saturated heterocycles. The summed E-state index contributed by atoms with van der Waals surface area (Å²) in [4.78, 5) is 16.9. The van der Waals surface area contributed by atoms with Crippen LogP contribution in [0.25, 0.3) is 22.2 Å². The van der Waals surface area contributed by atoms with Crippen LogP contribution >= 0.6 is 11.6 Å². The van der Waals surface area contributed by atoms with Crippen molar-refractivity contribution in [2.75, 3.05) is 4.31 Å². The molecule has 6 rings (SSSR count). The molecule has 1 aromatic heterocycles. The second-order valence-electron chi connectivity index (χ2n) is 11.4. The van der Waals surface area contributed by atoms with Gasteiger partial charge in [-0.2, -0.15) is 0 Å². The number of unbranched alkanes of at least 4 members (excludes halogenated alkanes) is 1. The maximum absolute atomic E-state index is 14.1. The summed E-state index contributed by atoms with van der Waals surface area (Å²) < 4.78 is 31.9. The molecule has 0 atom stereocenters. The number of rotatable bonds is 12. The molecule has 5 aromatic carbocycles. The van der Waals surface area contributed by atoms with Crippen LogP contribution in [0.15, 0.2) is 126 Å². The average Bonchev–Trinajstić information content (AvgIpc) is 3.43. The minimum Gasteiger partial charge on any atom is -0.478 e. The first-order valence-corrected chi connectivity index (χ1v) is 17.3. The first-order valence-electron chi connectivity index (χ1n) is 15.5. The third kappa shape index (κ3) is 6.94. The zero-order valence-electron chi connectivity index (χ0n) is 25.9. The number of hydrogen-bond acceptors (Lipinski definition) is 4. The van der Waals surface area contributed by atoms with Crippen molar-refractivity contribution in [3.05, 3.63) is 149 Å². The molecule has 0 fully saturated rings. The second kappa shape index (κ2) is 13.8. The largest absolute Gasteiger partial charge is 0.478 e. The minimum atomic E-state index is -3.95. The number of fused-ring (bicyclic) bond motifs is 1. The fourth-order valence-corrected chi connectivity index (χ4v) is 7.28. The van der Waals surface area contributed by atoms with Crippen molar-refractivity contribution in [2.45, 2.75) is 44.2 Å². The third-order valence-electron chi connectivity index (χ3n) is 8.19. The topological polar surface area (TPSA) is 92.5 Å². The van der Waals surface area contributed by atoms with Crippen LogP contribution in [0.4, 0.5) is 5.69 Å². The molecule has 0 aliphatic carbocycles. The lowest BCUT2D eigenvalue weighted by Gasteiger charge is -2.25. The molecule has 238 valence electrons. The highest BCUT2D eigenvalue weighted by Gasteiger charge is 2.26. The van der Waals surface area contributed by atoms with Gasteiger partial charge in [0.15, 0.2) is 0 Å². The number of halogens is 1. The number of anilines is 1. The predicted octanol–water partition coefficient (Wildman–Crippen LogP) is 8.84. The number of imidazole rings is 1. The third-order valence-corrected chi connectivity index (χ3v) is 10.2. The van der Waals surface area contributed by atoms with Gasteiger partial charge in [-0.15, -0.1) is 0 Å². The molecule has 0 spiro atoms. The van der Waals surface area contributed by atoms with Gasteiger partial charge in [-0.3, -0.25) is 4.31 Å². The Morgan fingerprint density at radius 1 is 0.851 bits per heavy atom. The fraction of sp³-hybridized carbons (Fsp3) is 0.158. The van der Waals surface area contributed by atoms with E-state index >= 15 is 0 Å². The van der Waals surface area contributed by atoms with Crippen LogP contribution in [0.2, 0.25) is 5.02 Å². The number of carboxylic acid groups (broad SMARTS) is 1. The predicted molar refractivity (Wildman–Crippen MR) is 188 cm³/mol. The van der Waals surface area contributed by atoms with Gasteiger partial charge in [0.25, 0.3) is 10.0 Å². The van der Waals surface area contributed by atoms with Gasteiger partial charge in [-0.25, -0.2) is 18.2 Å². The van der Waals surface area contributed by atoms with E-state index in [1.807, 2.05) is 84.9 Å². The highest BCUT2D eigenvalue weighted by molar-refractivity contribution is 7.92. The van der Waals surface area contributed by atoms with Gasteiger partial charge in [-0.1, -0.05) is 97.7 Å². The molecule has 47 heavy (non-hydrogen) atoms. The summed E-state index contributed by atoms with van der Waals surface area (Å²) in [6.07, 6.45) is 2.75. The molecule has 0 bridgehead atoms. The van der Waals surface area contributed by atoms with Gasteiger partial charge in [0.1, 0.15) is 5.82 Å². The van der Waals surface area contributed by atoms with Gasteiger partial charge in [-0.05, 0) is 77.2 Å². The first kappa shape index (κ1) is 32.0. The van der Waals surface area contributed by atoms with Crippen molar-refractivity contribution in [3.63, 3.8) is 0 Å². The zero-order chi connectivity index (χ0) is 33.0. The summed E-state index contributed by atoms with van der Waals surface area (Å²) in [6, 6.07) is 36.2. The lowest BCUT2D eigenvalue weighted by molar-refractivity contribution is 0.0697. The molecule has 0 amide bonds. The van der Waals surface area contributed by atoms with Crippen LogP contribution in [0.1, 0.15) is 47.1 Å². The van der Waals surface area contributed by atoms with Crippen molar-refractivity contribution in [2.24, 2.45) is 0 Å². The van der Waals surface area contributed by atoms with Gasteiger partial charge < -0.3 is 9.67 Å². The number of nitrogens with zero attached hydrogens (tertiary/aromatic N) is 3. The van der Waals surface area contributed by atoms with E-state index < -0.39 is 16.0 Å². The van der Waals surface area contributed by atoms with Crippen LogP contribution in [0.3, 0.4) is 0 Å². The van der Waals surface area contributed by atoms with Crippen LogP contribution in [0.5, 0.6) is 0 Å². The number of carboxylic acids is 1. The molecule has 0 unspecified atom stereocenters. The number of carbonyl (C=O) groups is 1. The Balaban J connectivity index is 1.41. The SMILES string of the molecule is CCCCc1nc2ccc(N(Cc3ccccc3)S(=O)(=O)c3ccc(Cl)cc3)cc2n1Cc1ccc(-c2ccccc2C(=O)O)cc1. The van der Waals surface area contributed by atoms with E-state index in [2.05, 4.69) is 11.5 Å². The number of benzene rings is 5. The Kier molecular flexibility index (Phi) is 9.43. The van der Waals surface area contributed by atoms with Crippen LogP contribution < -0.4 is 4.31 Å². The van der Waals surface area contributed by atoms with Gasteiger partial charge in [0.05, 0.1) is 33.7 Å². The lowest BCUT2D eigenvalue weighted by Crippen LogP contribution is -2.30. The Morgan fingerprint density at radius 3 is 2.26 bits per heavy atom. The van der Waals surface area contributed by atoms with E-state index in [0.717, 1.165) is 52.8 Å². The highest BCUT2D eigenvalue weighted by Crippen LogP contribution is 2.31. The van der Waals surface area contributed by atoms with Crippen molar-refractivity contribution in [3.8, 4) is 11.1 Å². The van der Waals surface area contributed by atoms with E-state index in [4.69, 9.17) is 16.6 Å². The molecule has 0 aliphatic rings. The molecular weight excluding hydrogens is 630 g/mol.